The first kappa shape index (κ1) is 16.0. The summed E-state index contributed by atoms with van der Waals surface area (Å²) in [6.07, 6.45) is 0.550. The number of hydrogen-bond donors (Lipinski definition) is 1. The molecule has 2 aromatic rings. The summed E-state index contributed by atoms with van der Waals surface area (Å²) in [5.74, 6) is 1.32. The highest BCUT2D eigenvalue weighted by atomic mass is 35.5. The number of methoxy groups -OCH3 is 2. The van der Waals surface area contributed by atoms with Crippen molar-refractivity contribution in [2.75, 3.05) is 14.2 Å². The zero-order chi connectivity index (χ0) is 15.4. The Morgan fingerprint density at radius 3 is 2.19 bits per heavy atom. The van der Waals surface area contributed by atoms with Crippen molar-refractivity contribution >= 4 is 23.2 Å². The molecule has 2 rings (SSSR count). The summed E-state index contributed by atoms with van der Waals surface area (Å²) in [5, 5.41) is 1.25. The minimum atomic E-state index is -0.234. The molecule has 2 aromatic carbocycles. The van der Waals surface area contributed by atoms with Gasteiger partial charge in [-0.05, 0) is 41.8 Å². The molecule has 1 atom stereocenters. The van der Waals surface area contributed by atoms with Crippen molar-refractivity contribution < 1.29 is 9.47 Å². The van der Waals surface area contributed by atoms with Crippen molar-refractivity contribution in [3.63, 3.8) is 0 Å². The van der Waals surface area contributed by atoms with Gasteiger partial charge in [0.05, 0.1) is 14.2 Å². The fraction of sp³-hybridized carbons (Fsp3) is 0.250. The topological polar surface area (TPSA) is 44.5 Å². The van der Waals surface area contributed by atoms with Crippen LogP contribution in [-0.4, -0.2) is 14.2 Å². The summed E-state index contributed by atoms with van der Waals surface area (Å²) >= 11 is 12.4. The van der Waals surface area contributed by atoms with Gasteiger partial charge in [-0.2, -0.15) is 0 Å². The molecule has 0 saturated carbocycles. The second-order valence-electron chi connectivity index (χ2n) is 4.63. The molecule has 0 aliphatic rings. The zero-order valence-electron chi connectivity index (χ0n) is 11.9. The summed E-state index contributed by atoms with van der Waals surface area (Å²) < 4.78 is 10.5. The van der Waals surface area contributed by atoms with E-state index in [1.165, 1.54) is 0 Å². The highest BCUT2D eigenvalue weighted by molar-refractivity contribution is 6.36. The predicted octanol–water partition coefficient (Wildman–Crippen LogP) is 4.25. The van der Waals surface area contributed by atoms with E-state index in [-0.39, 0.29) is 6.04 Å². The third-order valence-corrected chi connectivity index (χ3v) is 4.03. The lowest BCUT2D eigenvalue weighted by molar-refractivity contribution is 0.354. The number of halogens is 2. The average Bonchev–Trinajstić information content (AvgIpc) is 2.50. The molecule has 0 aromatic heterocycles. The van der Waals surface area contributed by atoms with E-state index < -0.39 is 0 Å². The number of nitrogens with two attached hydrogens (primary N) is 1. The Balaban J connectivity index is 2.26. The molecule has 0 heterocycles. The standard InChI is InChI=1S/C16H17Cl2NO2/c1-20-15-7-6-10(8-16(15)21-2)14(19)9-11-12(17)4-3-5-13(11)18/h3-8,14H,9,19H2,1-2H3. The van der Waals surface area contributed by atoms with Crippen molar-refractivity contribution in [2.45, 2.75) is 12.5 Å². The molecular formula is C16H17Cl2NO2. The number of hydrogen-bond acceptors (Lipinski definition) is 3. The van der Waals surface area contributed by atoms with Crippen LogP contribution in [0.25, 0.3) is 0 Å². The van der Waals surface area contributed by atoms with Gasteiger partial charge < -0.3 is 15.2 Å². The molecule has 1 unspecified atom stereocenters. The van der Waals surface area contributed by atoms with Crippen LogP contribution in [0.5, 0.6) is 11.5 Å². The number of benzene rings is 2. The molecule has 0 amide bonds. The first-order valence-corrected chi connectivity index (χ1v) is 7.22. The molecule has 21 heavy (non-hydrogen) atoms. The van der Waals surface area contributed by atoms with Crippen LogP contribution >= 0.6 is 23.2 Å². The van der Waals surface area contributed by atoms with Gasteiger partial charge in [0.25, 0.3) is 0 Å². The molecule has 112 valence electrons. The Hall–Kier alpha value is -1.42. The molecule has 2 N–H and O–H groups in total. The molecule has 3 nitrogen and oxygen atoms in total. The monoisotopic (exact) mass is 325 g/mol. The minimum absolute atomic E-state index is 0.234. The van der Waals surface area contributed by atoms with E-state index in [1.54, 1.807) is 14.2 Å². The third-order valence-electron chi connectivity index (χ3n) is 3.32. The summed E-state index contributed by atoms with van der Waals surface area (Å²) in [7, 11) is 3.19. The van der Waals surface area contributed by atoms with E-state index >= 15 is 0 Å². The van der Waals surface area contributed by atoms with Crippen molar-refractivity contribution in [1.82, 2.24) is 0 Å². The Morgan fingerprint density at radius 2 is 1.62 bits per heavy atom. The SMILES string of the molecule is COc1ccc(C(N)Cc2c(Cl)cccc2Cl)cc1OC. The van der Waals surface area contributed by atoms with Gasteiger partial charge in [-0.15, -0.1) is 0 Å². The van der Waals surface area contributed by atoms with E-state index in [0.29, 0.717) is 28.0 Å². The first-order chi connectivity index (χ1) is 10.1. The Kier molecular flexibility index (Phi) is 5.34. The van der Waals surface area contributed by atoms with Crippen LogP contribution in [0.2, 0.25) is 10.0 Å². The molecule has 0 fully saturated rings. The number of rotatable bonds is 5. The molecule has 0 bridgehead atoms. The Labute approximate surface area is 134 Å². The molecule has 0 aliphatic heterocycles. The van der Waals surface area contributed by atoms with E-state index in [0.717, 1.165) is 11.1 Å². The largest absolute Gasteiger partial charge is 0.493 e. The van der Waals surface area contributed by atoms with E-state index in [9.17, 15) is 0 Å². The third kappa shape index (κ3) is 3.62. The molecule has 0 saturated heterocycles. The summed E-state index contributed by atoms with van der Waals surface area (Å²) in [6.45, 7) is 0. The fourth-order valence-corrected chi connectivity index (χ4v) is 2.70. The maximum absolute atomic E-state index is 6.27. The van der Waals surface area contributed by atoms with E-state index in [1.807, 2.05) is 36.4 Å². The van der Waals surface area contributed by atoms with Gasteiger partial charge in [-0.25, -0.2) is 0 Å². The van der Waals surface area contributed by atoms with Crippen LogP contribution in [-0.2, 0) is 6.42 Å². The molecule has 0 radical (unpaired) electrons. The summed E-state index contributed by atoms with van der Waals surface area (Å²) in [5.41, 5.74) is 8.05. The lowest BCUT2D eigenvalue weighted by Crippen LogP contribution is -2.14. The highest BCUT2D eigenvalue weighted by Gasteiger charge is 2.14. The molecule has 0 aliphatic carbocycles. The fourth-order valence-electron chi connectivity index (χ4n) is 2.15. The predicted molar refractivity (Wildman–Crippen MR) is 86.6 cm³/mol. The van der Waals surface area contributed by atoms with Gasteiger partial charge in [0.2, 0.25) is 0 Å². The highest BCUT2D eigenvalue weighted by Crippen LogP contribution is 2.32. The lowest BCUT2D eigenvalue weighted by Gasteiger charge is -2.16. The van der Waals surface area contributed by atoms with Crippen LogP contribution in [0.3, 0.4) is 0 Å². The van der Waals surface area contributed by atoms with Crippen LogP contribution in [0, 0.1) is 0 Å². The average molecular weight is 326 g/mol. The summed E-state index contributed by atoms with van der Waals surface area (Å²) in [6, 6.07) is 10.8. The molecule has 0 spiro atoms. The van der Waals surface area contributed by atoms with Crippen molar-refractivity contribution in [2.24, 2.45) is 5.73 Å². The van der Waals surface area contributed by atoms with Crippen molar-refractivity contribution in [1.29, 1.82) is 0 Å². The van der Waals surface area contributed by atoms with Crippen molar-refractivity contribution in [3.05, 3.63) is 57.6 Å². The number of ether oxygens (including phenoxy) is 2. The van der Waals surface area contributed by atoms with Crippen molar-refractivity contribution in [3.8, 4) is 11.5 Å². The Morgan fingerprint density at radius 1 is 1.00 bits per heavy atom. The quantitative estimate of drug-likeness (QED) is 0.893. The zero-order valence-corrected chi connectivity index (χ0v) is 13.4. The van der Waals surface area contributed by atoms with Crippen LogP contribution in [0.1, 0.15) is 17.2 Å². The van der Waals surface area contributed by atoms with Gasteiger partial charge in [0.1, 0.15) is 0 Å². The van der Waals surface area contributed by atoms with Gasteiger partial charge in [0.15, 0.2) is 11.5 Å². The maximum atomic E-state index is 6.27. The van der Waals surface area contributed by atoms with Gasteiger partial charge in [-0.3, -0.25) is 0 Å². The molecule has 5 heteroatoms. The van der Waals surface area contributed by atoms with Crippen LogP contribution in [0.4, 0.5) is 0 Å². The van der Waals surface area contributed by atoms with Gasteiger partial charge in [-0.1, -0.05) is 35.3 Å². The Bertz CT molecular complexity index is 611. The summed E-state index contributed by atoms with van der Waals surface area (Å²) in [4.78, 5) is 0. The van der Waals surface area contributed by atoms with E-state index in [4.69, 9.17) is 38.4 Å². The maximum Gasteiger partial charge on any atom is 0.161 e. The smallest absolute Gasteiger partial charge is 0.161 e. The second-order valence-corrected chi connectivity index (χ2v) is 5.44. The van der Waals surface area contributed by atoms with Gasteiger partial charge in [0, 0.05) is 16.1 Å². The van der Waals surface area contributed by atoms with Crippen LogP contribution in [0.15, 0.2) is 36.4 Å². The lowest BCUT2D eigenvalue weighted by atomic mass is 9.99. The second kappa shape index (κ2) is 7.03. The molecular weight excluding hydrogens is 309 g/mol. The van der Waals surface area contributed by atoms with Gasteiger partial charge >= 0.3 is 0 Å². The van der Waals surface area contributed by atoms with E-state index in [2.05, 4.69) is 0 Å². The minimum Gasteiger partial charge on any atom is -0.493 e. The normalized spacial score (nSPS) is 12.0. The first-order valence-electron chi connectivity index (χ1n) is 6.47. The van der Waals surface area contributed by atoms with Crippen LogP contribution < -0.4 is 15.2 Å².